The molecule has 0 N–H and O–H groups in total. The molecule has 0 bridgehead atoms. The van der Waals surface area contributed by atoms with Gasteiger partial charge in [0.15, 0.2) is 0 Å². The molecule has 0 heterocycles. The Bertz CT molecular complexity index is 632. The fourth-order valence-corrected chi connectivity index (χ4v) is 4.87. The lowest BCUT2D eigenvalue weighted by Crippen LogP contribution is -2.39. The van der Waals surface area contributed by atoms with E-state index in [2.05, 4.69) is 15.9 Å². The fraction of sp³-hybridized carbons (Fsp3) is 0.571. The summed E-state index contributed by atoms with van der Waals surface area (Å²) in [6.45, 7) is 4.05. The zero-order valence-electron chi connectivity index (χ0n) is 11.9. The second kappa shape index (κ2) is 6.52. The van der Waals surface area contributed by atoms with Gasteiger partial charge in [-0.1, -0.05) is 15.9 Å². The van der Waals surface area contributed by atoms with Crippen LogP contribution in [0.25, 0.3) is 0 Å². The minimum absolute atomic E-state index is 0.0713. The molecule has 2 rings (SSSR count). The van der Waals surface area contributed by atoms with Crippen molar-refractivity contribution in [3.63, 3.8) is 0 Å². The molecule has 0 radical (unpaired) electrons. The van der Waals surface area contributed by atoms with Gasteiger partial charge >= 0.3 is 0 Å². The van der Waals surface area contributed by atoms with Crippen LogP contribution < -0.4 is 0 Å². The molecule has 0 aliphatic heterocycles. The third-order valence-corrected chi connectivity index (χ3v) is 6.31. The summed E-state index contributed by atoms with van der Waals surface area (Å²) in [7, 11) is -3.87. The second-order valence-corrected chi connectivity index (χ2v) is 8.66. The van der Waals surface area contributed by atoms with E-state index in [4.69, 9.17) is 11.6 Å². The van der Waals surface area contributed by atoms with Crippen LogP contribution in [-0.4, -0.2) is 25.3 Å². The van der Waals surface area contributed by atoms with Gasteiger partial charge in [0.2, 0.25) is 10.0 Å². The minimum Gasteiger partial charge on any atom is -0.207 e. The maximum absolute atomic E-state index is 14.4. The van der Waals surface area contributed by atoms with E-state index in [-0.39, 0.29) is 22.4 Å². The van der Waals surface area contributed by atoms with Crippen LogP contribution in [0.5, 0.6) is 0 Å². The molecule has 0 spiro atoms. The Hall–Kier alpha value is -0.170. The van der Waals surface area contributed by atoms with E-state index in [1.807, 2.05) is 0 Å². The first-order valence-corrected chi connectivity index (χ1v) is 9.59. The van der Waals surface area contributed by atoms with Crippen molar-refractivity contribution in [2.45, 2.75) is 43.5 Å². The van der Waals surface area contributed by atoms with E-state index in [0.717, 1.165) is 12.8 Å². The highest BCUT2D eigenvalue weighted by atomic mass is 79.9. The lowest BCUT2D eigenvalue weighted by atomic mass is 10.2. The van der Waals surface area contributed by atoms with Gasteiger partial charge in [-0.3, -0.25) is 0 Å². The summed E-state index contributed by atoms with van der Waals surface area (Å²) in [6, 6.07) is 2.60. The van der Waals surface area contributed by atoms with Crippen molar-refractivity contribution < 1.29 is 12.8 Å². The first kappa shape index (κ1) is 17.2. The summed E-state index contributed by atoms with van der Waals surface area (Å²) < 4.78 is 41.9. The van der Waals surface area contributed by atoms with E-state index in [1.54, 1.807) is 13.8 Å². The quantitative estimate of drug-likeness (QED) is 0.676. The third kappa shape index (κ3) is 3.78. The Morgan fingerprint density at radius 3 is 2.52 bits per heavy atom. The zero-order valence-corrected chi connectivity index (χ0v) is 15.1. The van der Waals surface area contributed by atoms with E-state index in [1.165, 1.54) is 16.4 Å². The molecular formula is C14H18BrClFNO2S. The molecule has 0 aromatic heterocycles. The van der Waals surface area contributed by atoms with Gasteiger partial charge in [-0.2, -0.15) is 4.31 Å². The molecule has 7 heteroatoms. The normalized spacial score (nSPS) is 16.0. The van der Waals surface area contributed by atoms with Crippen LogP contribution in [0.3, 0.4) is 0 Å². The highest BCUT2D eigenvalue weighted by molar-refractivity contribution is 9.10. The summed E-state index contributed by atoms with van der Waals surface area (Å²) >= 11 is 8.91. The topological polar surface area (TPSA) is 37.4 Å². The van der Waals surface area contributed by atoms with Gasteiger partial charge in [0.05, 0.1) is 5.88 Å². The standard InChI is InChI=1S/C14H18BrClFNO2S/c1-9(2)18(8-10-3-4-10)21(19,20)13-6-12(15)5-11(7-16)14(13)17/h5-6,9-10H,3-4,7-8H2,1-2H3. The molecule has 0 saturated heterocycles. The number of rotatable bonds is 6. The van der Waals surface area contributed by atoms with Crippen molar-refractivity contribution in [3.8, 4) is 0 Å². The van der Waals surface area contributed by atoms with Crippen molar-refractivity contribution in [3.05, 3.63) is 28.0 Å². The Morgan fingerprint density at radius 1 is 1.43 bits per heavy atom. The maximum Gasteiger partial charge on any atom is 0.246 e. The number of sulfonamides is 1. The van der Waals surface area contributed by atoms with E-state index < -0.39 is 15.8 Å². The smallest absolute Gasteiger partial charge is 0.207 e. The molecule has 1 fully saturated rings. The largest absolute Gasteiger partial charge is 0.246 e. The second-order valence-electron chi connectivity index (χ2n) is 5.62. The molecule has 0 amide bonds. The van der Waals surface area contributed by atoms with E-state index in [0.29, 0.717) is 16.9 Å². The van der Waals surface area contributed by atoms with Gasteiger partial charge in [-0.05, 0) is 44.7 Å². The fourth-order valence-electron chi connectivity index (χ4n) is 2.17. The number of nitrogens with zero attached hydrogens (tertiary/aromatic N) is 1. The van der Waals surface area contributed by atoms with Gasteiger partial charge in [-0.25, -0.2) is 12.8 Å². The Kier molecular flexibility index (Phi) is 5.34. The Labute approximate surface area is 138 Å². The third-order valence-electron chi connectivity index (χ3n) is 3.52. The van der Waals surface area contributed by atoms with E-state index in [9.17, 15) is 12.8 Å². The van der Waals surface area contributed by atoms with Gasteiger partial charge in [0, 0.05) is 22.6 Å². The monoisotopic (exact) mass is 397 g/mol. The summed E-state index contributed by atoms with van der Waals surface area (Å²) in [4.78, 5) is -0.304. The molecule has 3 nitrogen and oxygen atoms in total. The Morgan fingerprint density at radius 2 is 2.05 bits per heavy atom. The predicted molar refractivity (Wildman–Crippen MR) is 85.4 cm³/mol. The van der Waals surface area contributed by atoms with Crippen LogP contribution in [0.1, 0.15) is 32.3 Å². The SMILES string of the molecule is CC(C)N(CC1CC1)S(=O)(=O)c1cc(Br)cc(CCl)c1F. The summed E-state index contributed by atoms with van der Waals surface area (Å²) in [5.41, 5.74) is 0.180. The lowest BCUT2D eigenvalue weighted by Gasteiger charge is -2.26. The highest BCUT2D eigenvalue weighted by Crippen LogP contribution is 2.34. The number of benzene rings is 1. The summed E-state index contributed by atoms with van der Waals surface area (Å²) in [5, 5.41) is 0. The van der Waals surface area contributed by atoms with Crippen LogP contribution in [-0.2, 0) is 15.9 Å². The lowest BCUT2D eigenvalue weighted by molar-refractivity contribution is 0.340. The number of hydrogen-bond acceptors (Lipinski definition) is 2. The molecule has 1 aliphatic carbocycles. The van der Waals surface area contributed by atoms with Crippen molar-refractivity contribution in [1.29, 1.82) is 0 Å². The molecule has 1 aromatic carbocycles. The molecule has 1 saturated carbocycles. The average molecular weight is 399 g/mol. The van der Waals surface area contributed by atoms with Crippen molar-refractivity contribution in [1.82, 2.24) is 4.31 Å². The minimum atomic E-state index is -3.87. The molecule has 1 aromatic rings. The summed E-state index contributed by atoms with van der Waals surface area (Å²) in [5.74, 6) is -0.433. The zero-order chi connectivity index (χ0) is 15.8. The average Bonchev–Trinajstić information content (AvgIpc) is 3.21. The van der Waals surface area contributed by atoms with Gasteiger partial charge in [0.1, 0.15) is 10.7 Å². The van der Waals surface area contributed by atoms with E-state index >= 15 is 0 Å². The Balaban J connectivity index is 2.48. The van der Waals surface area contributed by atoms with Crippen LogP contribution >= 0.6 is 27.5 Å². The van der Waals surface area contributed by atoms with Crippen molar-refractivity contribution >= 4 is 37.6 Å². The molecule has 118 valence electrons. The van der Waals surface area contributed by atoms with Crippen molar-refractivity contribution in [2.24, 2.45) is 5.92 Å². The highest BCUT2D eigenvalue weighted by Gasteiger charge is 2.35. The van der Waals surface area contributed by atoms with Crippen LogP contribution in [0.2, 0.25) is 0 Å². The number of hydrogen-bond donors (Lipinski definition) is 0. The molecule has 21 heavy (non-hydrogen) atoms. The van der Waals surface area contributed by atoms with Crippen LogP contribution in [0.15, 0.2) is 21.5 Å². The predicted octanol–water partition coefficient (Wildman–Crippen LogP) is 4.14. The van der Waals surface area contributed by atoms with Crippen LogP contribution in [0, 0.1) is 11.7 Å². The molecule has 1 aliphatic rings. The molecule has 0 atom stereocenters. The van der Waals surface area contributed by atoms with Gasteiger partial charge in [0.25, 0.3) is 0 Å². The number of alkyl halides is 1. The first-order valence-electron chi connectivity index (χ1n) is 6.83. The summed E-state index contributed by atoms with van der Waals surface area (Å²) in [6.07, 6.45) is 2.07. The maximum atomic E-state index is 14.4. The van der Waals surface area contributed by atoms with Gasteiger partial charge < -0.3 is 0 Å². The molecule has 0 unspecified atom stereocenters. The van der Waals surface area contributed by atoms with Crippen molar-refractivity contribution in [2.75, 3.05) is 6.54 Å². The first-order chi connectivity index (χ1) is 9.77. The molecular weight excluding hydrogens is 381 g/mol. The number of halogens is 3. The van der Waals surface area contributed by atoms with Gasteiger partial charge in [-0.15, -0.1) is 11.6 Å². The van der Waals surface area contributed by atoms with Crippen LogP contribution in [0.4, 0.5) is 4.39 Å².